The van der Waals surface area contributed by atoms with Crippen LogP contribution in [0.2, 0.25) is 0 Å². The van der Waals surface area contributed by atoms with E-state index in [4.69, 9.17) is 5.26 Å². The number of anilines is 2. The van der Waals surface area contributed by atoms with Gasteiger partial charge in [0.1, 0.15) is 11.9 Å². The number of halogens is 3. The number of carbonyl (C=O) groups excluding carboxylic acids is 1. The summed E-state index contributed by atoms with van der Waals surface area (Å²) >= 11 is 0. The second-order valence-corrected chi connectivity index (χ2v) is 6.37. The van der Waals surface area contributed by atoms with Crippen molar-refractivity contribution in [2.24, 2.45) is 0 Å². The number of hydrogen-bond donors (Lipinski definition) is 1. The van der Waals surface area contributed by atoms with Crippen molar-refractivity contribution in [2.75, 3.05) is 42.9 Å². The van der Waals surface area contributed by atoms with Gasteiger partial charge in [-0.2, -0.15) is 18.4 Å². The van der Waals surface area contributed by atoms with Gasteiger partial charge in [0.2, 0.25) is 5.91 Å². The van der Waals surface area contributed by atoms with Crippen LogP contribution in [0.25, 0.3) is 0 Å². The summed E-state index contributed by atoms with van der Waals surface area (Å²) in [6.45, 7) is 2.45. The van der Waals surface area contributed by atoms with Crippen LogP contribution in [0.3, 0.4) is 0 Å². The van der Waals surface area contributed by atoms with Crippen LogP contribution in [0.1, 0.15) is 11.1 Å². The normalized spacial score (nSPS) is 15.1. The SMILES string of the molecule is N#Cc1ccccc1NC(=O)CN1CCN(c2ccc(C(F)(F)F)cn2)CC1. The van der Waals surface area contributed by atoms with Crippen LogP contribution < -0.4 is 10.2 Å². The van der Waals surface area contributed by atoms with Crippen molar-refractivity contribution in [3.8, 4) is 6.07 Å². The lowest BCUT2D eigenvalue weighted by atomic mass is 10.2. The number of benzene rings is 1. The number of nitrogens with one attached hydrogen (secondary N) is 1. The lowest BCUT2D eigenvalue weighted by Gasteiger charge is -2.35. The molecular weight excluding hydrogens is 371 g/mol. The van der Waals surface area contributed by atoms with Gasteiger partial charge >= 0.3 is 6.18 Å². The van der Waals surface area contributed by atoms with Crippen LogP contribution in [0.4, 0.5) is 24.7 Å². The molecule has 0 atom stereocenters. The highest BCUT2D eigenvalue weighted by atomic mass is 19.4. The maximum Gasteiger partial charge on any atom is 0.417 e. The molecule has 0 spiro atoms. The number of nitrogens with zero attached hydrogens (tertiary/aromatic N) is 4. The minimum atomic E-state index is -4.40. The molecule has 1 aliphatic heterocycles. The number of piperazine rings is 1. The number of carbonyl (C=O) groups is 1. The molecular formula is C19H18F3N5O. The Bertz CT molecular complexity index is 868. The molecule has 0 radical (unpaired) electrons. The molecule has 2 aromatic rings. The third kappa shape index (κ3) is 4.78. The number of pyridine rings is 1. The van der Waals surface area contributed by atoms with Gasteiger partial charge in [0.05, 0.1) is 23.4 Å². The minimum Gasteiger partial charge on any atom is -0.354 e. The Morgan fingerprint density at radius 1 is 1.14 bits per heavy atom. The number of rotatable bonds is 4. The number of nitriles is 1. The first-order valence-electron chi connectivity index (χ1n) is 8.66. The fourth-order valence-electron chi connectivity index (χ4n) is 2.96. The van der Waals surface area contributed by atoms with Gasteiger partial charge in [-0.3, -0.25) is 9.69 Å². The van der Waals surface area contributed by atoms with Crippen LogP contribution in [-0.4, -0.2) is 48.5 Å². The molecule has 0 bridgehead atoms. The van der Waals surface area contributed by atoms with Crippen molar-refractivity contribution in [1.29, 1.82) is 5.26 Å². The fourth-order valence-corrected chi connectivity index (χ4v) is 2.96. The standard InChI is InChI=1S/C19H18F3N5O/c20-19(21,22)15-5-6-17(24-12-15)27-9-7-26(8-10-27)13-18(28)25-16-4-2-1-3-14(16)11-23/h1-6,12H,7-10,13H2,(H,25,28). The second-order valence-electron chi connectivity index (χ2n) is 6.37. The molecule has 1 fully saturated rings. The molecule has 1 N–H and O–H groups in total. The van der Waals surface area contributed by atoms with E-state index in [9.17, 15) is 18.0 Å². The summed E-state index contributed by atoms with van der Waals surface area (Å²) in [5.41, 5.74) is 0.0980. The molecule has 9 heteroatoms. The average Bonchev–Trinajstić information content (AvgIpc) is 2.68. The van der Waals surface area contributed by atoms with Crippen LogP contribution in [0.5, 0.6) is 0 Å². The van der Waals surface area contributed by atoms with Gasteiger partial charge in [-0.05, 0) is 24.3 Å². The molecule has 1 aliphatic rings. The molecule has 1 aromatic heterocycles. The van der Waals surface area contributed by atoms with Gasteiger partial charge in [-0.1, -0.05) is 12.1 Å². The molecule has 146 valence electrons. The Morgan fingerprint density at radius 3 is 2.46 bits per heavy atom. The van der Waals surface area contributed by atoms with E-state index < -0.39 is 11.7 Å². The molecule has 3 rings (SSSR count). The third-order valence-corrected chi connectivity index (χ3v) is 4.46. The first-order chi connectivity index (χ1) is 13.4. The predicted molar refractivity (Wildman–Crippen MR) is 97.7 cm³/mol. The zero-order chi connectivity index (χ0) is 20.1. The van der Waals surface area contributed by atoms with Crippen LogP contribution in [0.15, 0.2) is 42.6 Å². The number of aromatic nitrogens is 1. The molecule has 0 saturated carbocycles. The van der Waals surface area contributed by atoms with E-state index in [-0.39, 0.29) is 12.5 Å². The quantitative estimate of drug-likeness (QED) is 0.871. The van der Waals surface area contributed by atoms with Crippen LogP contribution in [0, 0.1) is 11.3 Å². The van der Waals surface area contributed by atoms with E-state index >= 15 is 0 Å². The lowest BCUT2D eigenvalue weighted by molar-refractivity contribution is -0.137. The van der Waals surface area contributed by atoms with E-state index in [1.54, 1.807) is 24.3 Å². The number of para-hydroxylation sites is 1. The van der Waals surface area contributed by atoms with Crippen molar-refractivity contribution in [2.45, 2.75) is 6.18 Å². The van der Waals surface area contributed by atoms with Crippen molar-refractivity contribution < 1.29 is 18.0 Å². The summed E-state index contributed by atoms with van der Waals surface area (Å²) in [5, 5.41) is 11.8. The Balaban J connectivity index is 1.51. The van der Waals surface area contributed by atoms with Gasteiger partial charge in [0.25, 0.3) is 0 Å². The molecule has 1 saturated heterocycles. The topological polar surface area (TPSA) is 72.3 Å². The summed E-state index contributed by atoms with van der Waals surface area (Å²) in [4.78, 5) is 20.0. The third-order valence-electron chi connectivity index (χ3n) is 4.46. The summed E-state index contributed by atoms with van der Waals surface area (Å²) in [5.74, 6) is 0.267. The summed E-state index contributed by atoms with van der Waals surface area (Å²) in [7, 11) is 0. The smallest absolute Gasteiger partial charge is 0.354 e. The van der Waals surface area contributed by atoms with E-state index in [1.165, 1.54) is 6.07 Å². The molecule has 1 amide bonds. The Hall–Kier alpha value is -3.12. The van der Waals surface area contributed by atoms with Crippen molar-refractivity contribution in [1.82, 2.24) is 9.88 Å². The highest BCUT2D eigenvalue weighted by Crippen LogP contribution is 2.29. The van der Waals surface area contributed by atoms with E-state index in [0.717, 1.165) is 12.3 Å². The minimum absolute atomic E-state index is 0.175. The summed E-state index contributed by atoms with van der Waals surface area (Å²) in [6, 6.07) is 11.2. The van der Waals surface area contributed by atoms with Crippen LogP contribution >= 0.6 is 0 Å². The highest BCUT2D eigenvalue weighted by molar-refractivity contribution is 5.93. The number of hydrogen-bond acceptors (Lipinski definition) is 5. The molecule has 2 heterocycles. The van der Waals surface area contributed by atoms with E-state index in [0.29, 0.717) is 43.2 Å². The maximum atomic E-state index is 12.6. The zero-order valence-corrected chi connectivity index (χ0v) is 14.9. The lowest BCUT2D eigenvalue weighted by Crippen LogP contribution is -2.49. The Kier molecular flexibility index (Phi) is 5.80. The van der Waals surface area contributed by atoms with Crippen molar-refractivity contribution in [3.63, 3.8) is 0 Å². The fraction of sp³-hybridized carbons (Fsp3) is 0.316. The Labute approximate surface area is 160 Å². The van der Waals surface area contributed by atoms with Gasteiger partial charge < -0.3 is 10.2 Å². The van der Waals surface area contributed by atoms with Crippen molar-refractivity contribution >= 4 is 17.4 Å². The summed E-state index contributed by atoms with van der Waals surface area (Å²) < 4.78 is 37.9. The first kappa shape index (κ1) is 19.6. The van der Waals surface area contributed by atoms with Gasteiger partial charge in [-0.25, -0.2) is 4.98 Å². The van der Waals surface area contributed by atoms with Gasteiger partial charge in [0.15, 0.2) is 0 Å². The molecule has 6 nitrogen and oxygen atoms in total. The van der Waals surface area contributed by atoms with Gasteiger partial charge in [-0.15, -0.1) is 0 Å². The average molecular weight is 389 g/mol. The molecule has 28 heavy (non-hydrogen) atoms. The predicted octanol–water partition coefficient (Wildman–Crippen LogP) is 2.73. The number of amides is 1. The Morgan fingerprint density at radius 2 is 1.86 bits per heavy atom. The first-order valence-corrected chi connectivity index (χ1v) is 8.66. The van der Waals surface area contributed by atoms with E-state index in [2.05, 4.69) is 10.3 Å². The van der Waals surface area contributed by atoms with Crippen LogP contribution in [-0.2, 0) is 11.0 Å². The second kappa shape index (κ2) is 8.27. The van der Waals surface area contributed by atoms with Crippen molar-refractivity contribution in [3.05, 3.63) is 53.7 Å². The molecule has 1 aromatic carbocycles. The summed E-state index contributed by atoms with van der Waals surface area (Å²) in [6.07, 6.45) is -3.57. The number of alkyl halides is 3. The molecule has 0 aliphatic carbocycles. The maximum absolute atomic E-state index is 12.6. The highest BCUT2D eigenvalue weighted by Gasteiger charge is 2.31. The zero-order valence-electron chi connectivity index (χ0n) is 14.9. The monoisotopic (exact) mass is 389 g/mol. The van der Waals surface area contributed by atoms with Gasteiger partial charge in [0, 0.05) is 32.4 Å². The van der Waals surface area contributed by atoms with E-state index in [1.807, 2.05) is 15.9 Å². The largest absolute Gasteiger partial charge is 0.417 e. The molecule has 0 unspecified atom stereocenters.